The smallest absolute Gasteiger partial charge is 0.266 e. The highest BCUT2D eigenvalue weighted by Gasteiger charge is 2.10. The molecule has 8 heteroatoms. The lowest BCUT2D eigenvalue weighted by molar-refractivity contribution is -0.118. The van der Waals surface area contributed by atoms with Crippen molar-refractivity contribution in [1.82, 2.24) is 0 Å². The van der Waals surface area contributed by atoms with Gasteiger partial charge in [0.25, 0.3) is 11.8 Å². The number of nitrogens with zero attached hydrogens (tertiary/aromatic N) is 1. The number of carbonyl (C=O) groups is 2. The van der Waals surface area contributed by atoms with E-state index >= 15 is 0 Å². The standard InChI is InChI=1S/C25H21N3O5/c1-32-23-5-3-2-4-22(23)28-24(30)16-33-21-12-6-17(7-13-21)14-18(15-26)25(31)27-19-8-10-20(29)11-9-19/h2-14,29H,16H2,1H3,(H,27,31)(H,28,30)/b18-14+. The molecule has 3 aromatic carbocycles. The molecular formula is C25H21N3O5. The molecule has 0 saturated heterocycles. The average Bonchev–Trinajstić information content (AvgIpc) is 2.83. The predicted molar refractivity (Wildman–Crippen MR) is 124 cm³/mol. The minimum Gasteiger partial charge on any atom is -0.508 e. The van der Waals surface area contributed by atoms with Gasteiger partial charge in [0, 0.05) is 5.69 Å². The number of ether oxygens (including phenoxy) is 2. The minimum atomic E-state index is -0.573. The van der Waals surface area contributed by atoms with Gasteiger partial charge in [-0.1, -0.05) is 24.3 Å². The van der Waals surface area contributed by atoms with Crippen LogP contribution in [-0.4, -0.2) is 30.6 Å². The van der Waals surface area contributed by atoms with Crippen molar-refractivity contribution in [3.8, 4) is 23.3 Å². The first-order valence-electron chi connectivity index (χ1n) is 9.86. The van der Waals surface area contributed by atoms with Crippen LogP contribution in [0.15, 0.2) is 78.4 Å². The second-order valence-corrected chi connectivity index (χ2v) is 6.78. The number of aromatic hydroxyl groups is 1. The molecule has 0 atom stereocenters. The van der Waals surface area contributed by atoms with Gasteiger partial charge in [-0.2, -0.15) is 5.26 Å². The second kappa shape index (κ2) is 11.0. The van der Waals surface area contributed by atoms with Crippen LogP contribution < -0.4 is 20.1 Å². The van der Waals surface area contributed by atoms with E-state index in [4.69, 9.17) is 9.47 Å². The fourth-order valence-electron chi connectivity index (χ4n) is 2.80. The molecule has 0 aliphatic rings. The first kappa shape index (κ1) is 22.9. The molecule has 166 valence electrons. The molecule has 3 rings (SSSR count). The third kappa shape index (κ3) is 6.60. The van der Waals surface area contributed by atoms with Gasteiger partial charge in [-0.15, -0.1) is 0 Å². The van der Waals surface area contributed by atoms with Crippen molar-refractivity contribution in [3.63, 3.8) is 0 Å². The largest absolute Gasteiger partial charge is 0.508 e. The van der Waals surface area contributed by atoms with Gasteiger partial charge in [0.2, 0.25) is 0 Å². The zero-order valence-electron chi connectivity index (χ0n) is 17.7. The monoisotopic (exact) mass is 443 g/mol. The molecule has 0 heterocycles. The van der Waals surface area contributed by atoms with E-state index in [1.54, 1.807) is 48.5 Å². The molecule has 0 bridgehead atoms. The SMILES string of the molecule is COc1ccccc1NC(=O)COc1ccc(/C=C(\C#N)C(=O)Nc2ccc(O)cc2)cc1. The number of para-hydroxylation sites is 2. The van der Waals surface area contributed by atoms with Crippen molar-refractivity contribution < 1.29 is 24.2 Å². The van der Waals surface area contributed by atoms with Crippen LogP contribution in [0.2, 0.25) is 0 Å². The van der Waals surface area contributed by atoms with Crippen LogP contribution in [-0.2, 0) is 9.59 Å². The van der Waals surface area contributed by atoms with Gasteiger partial charge in [0.1, 0.15) is 28.9 Å². The lowest BCUT2D eigenvalue weighted by atomic mass is 10.1. The van der Waals surface area contributed by atoms with Crippen LogP contribution in [0.4, 0.5) is 11.4 Å². The molecule has 0 aliphatic carbocycles. The number of phenols is 1. The van der Waals surface area contributed by atoms with E-state index in [0.29, 0.717) is 28.4 Å². The van der Waals surface area contributed by atoms with Crippen LogP contribution in [0.5, 0.6) is 17.2 Å². The molecule has 0 fully saturated rings. The normalized spacial score (nSPS) is 10.6. The van der Waals surface area contributed by atoms with Crippen molar-refractivity contribution in [2.24, 2.45) is 0 Å². The van der Waals surface area contributed by atoms with E-state index in [1.165, 1.54) is 37.5 Å². The Hall–Kier alpha value is -4.77. The first-order chi connectivity index (χ1) is 16.0. The third-order valence-corrected chi connectivity index (χ3v) is 4.43. The lowest BCUT2D eigenvalue weighted by Gasteiger charge is -2.10. The Bertz CT molecular complexity index is 1200. The van der Waals surface area contributed by atoms with Gasteiger partial charge < -0.3 is 25.2 Å². The topological polar surface area (TPSA) is 121 Å². The summed E-state index contributed by atoms with van der Waals surface area (Å²) in [5.41, 5.74) is 1.52. The minimum absolute atomic E-state index is 0.0728. The van der Waals surface area contributed by atoms with Crippen LogP contribution in [0.25, 0.3) is 6.08 Å². The number of rotatable bonds is 8. The van der Waals surface area contributed by atoms with Crippen molar-refractivity contribution in [1.29, 1.82) is 5.26 Å². The maximum Gasteiger partial charge on any atom is 0.266 e. The maximum atomic E-state index is 12.3. The van der Waals surface area contributed by atoms with E-state index in [-0.39, 0.29) is 23.8 Å². The van der Waals surface area contributed by atoms with Crippen molar-refractivity contribution in [2.45, 2.75) is 0 Å². The van der Waals surface area contributed by atoms with E-state index < -0.39 is 5.91 Å². The number of nitrogens with one attached hydrogen (secondary N) is 2. The number of hydrogen-bond donors (Lipinski definition) is 3. The summed E-state index contributed by atoms with van der Waals surface area (Å²) in [4.78, 5) is 24.5. The third-order valence-electron chi connectivity index (χ3n) is 4.43. The Kier molecular flexibility index (Phi) is 7.65. The van der Waals surface area contributed by atoms with E-state index in [1.807, 2.05) is 6.07 Å². The molecule has 0 saturated carbocycles. The van der Waals surface area contributed by atoms with Gasteiger partial charge in [-0.05, 0) is 60.2 Å². The number of nitriles is 1. The quantitative estimate of drug-likeness (QED) is 0.275. The van der Waals surface area contributed by atoms with Gasteiger partial charge in [0.05, 0.1) is 12.8 Å². The highest BCUT2D eigenvalue weighted by Crippen LogP contribution is 2.23. The Balaban J connectivity index is 1.57. The number of methoxy groups -OCH3 is 1. The molecule has 0 aromatic heterocycles. The zero-order chi connectivity index (χ0) is 23.6. The maximum absolute atomic E-state index is 12.3. The molecule has 33 heavy (non-hydrogen) atoms. The second-order valence-electron chi connectivity index (χ2n) is 6.78. The summed E-state index contributed by atoms with van der Waals surface area (Å²) in [5, 5.41) is 24.0. The Morgan fingerprint density at radius 3 is 2.36 bits per heavy atom. The summed E-state index contributed by atoms with van der Waals surface area (Å²) in [6.07, 6.45) is 1.44. The van der Waals surface area contributed by atoms with Crippen molar-refractivity contribution >= 4 is 29.3 Å². The number of phenolic OH excluding ortho intramolecular Hbond substituents is 1. The number of hydrogen-bond acceptors (Lipinski definition) is 6. The summed E-state index contributed by atoms with van der Waals surface area (Å²) in [5.74, 6) is 0.153. The number of benzene rings is 3. The fraction of sp³-hybridized carbons (Fsp3) is 0.0800. The van der Waals surface area contributed by atoms with Crippen LogP contribution >= 0.6 is 0 Å². The summed E-state index contributed by atoms with van der Waals surface area (Å²) >= 11 is 0. The average molecular weight is 443 g/mol. The molecule has 0 unspecified atom stereocenters. The van der Waals surface area contributed by atoms with E-state index in [0.717, 1.165) is 0 Å². The molecule has 2 amide bonds. The van der Waals surface area contributed by atoms with Gasteiger partial charge in [-0.25, -0.2) is 0 Å². The fourth-order valence-corrected chi connectivity index (χ4v) is 2.80. The molecular weight excluding hydrogens is 422 g/mol. The molecule has 8 nitrogen and oxygen atoms in total. The molecule has 3 aromatic rings. The van der Waals surface area contributed by atoms with Crippen LogP contribution in [0, 0.1) is 11.3 Å². The summed E-state index contributed by atoms with van der Waals surface area (Å²) in [7, 11) is 1.52. The highest BCUT2D eigenvalue weighted by molar-refractivity contribution is 6.09. The predicted octanol–water partition coefficient (Wildman–Crippen LogP) is 3.96. The highest BCUT2D eigenvalue weighted by atomic mass is 16.5. The van der Waals surface area contributed by atoms with E-state index in [2.05, 4.69) is 10.6 Å². The molecule has 0 aliphatic heterocycles. The zero-order valence-corrected chi connectivity index (χ0v) is 17.7. The van der Waals surface area contributed by atoms with Crippen molar-refractivity contribution in [2.75, 3.05) is 24.4 Å². The molecule has 3 N–H and O–H groups in total. The van der Waals surface area contributed by atoms with Crippen LogP contribution in [0.3, 0.4) is 0 Å². The number of carbonyl (C=O) groups excluding carboxylic acids is 2. The van der Waals surface area contributed by atoms with E-state index in [9.17, 15) is 20.0 Å². The summed E-state index contributed by atoms with van der Waals surface area (Å²) in [6.45, 7) is -0.203. The van der Waals surface area contributed by atoms with Gasteiger partial charge >= 0.3 is 0 Å². The summed E-state index contributed by atoms with van der Waals surface area (Å²) in [6, 6.07) is 21.4. The Morgan fingerprint density at radius 1 is 1.00 bits per heavy atom. The molecule has 0 radical (unpaired) electrons. The van der Waals surface area contributed by atoms with Crippen LogP contribution in [0.1, 0.15) is 5.56 Å². The summed E-state index contributed by atoms with van der Waals surface area (Å²) < 4.78 is 10.7. The number of amides is 2. The molecule has 0 spiro atoms. The van der Waals surface area contributed by atoms with Gasteiger partial charge in [0.15, 0.2) is 6.61 Å². The Morgan fingerprint density at radius 2 is 1.70 bits per heavy atom. The van der Waals surface area contributed by atoms with Crippen molar-refractivity contribution in [3.05, 3.63) is 83.9 Å². The van der Waals surface area contributed by atoms with Gasteiger partial charge in [-0.3, -0.25) is 9.59 Å². The Labute approximate surface area is 190 Å². The first-order valence-corrected chi connectivity index (χ1v) is 9.86. The lowest BCUT2D eigenvalue weighted by Crippen LogP contribution is -2.20. The number of anilines is 2.